The number of halogens is 1. The zero-order valence-electron chi connectivity index (χ0n) is 10.3. The van der Waals surface area contributed by atoms with Crippen LogP contribution < -0.4 is 11.1 Å². The first kappa shape index (κ1) is 13.6. The van der Waals surface area contributed by atoms with Gasteiger partial charge >= 0.3 is 0 Å². The van der Waals surface area contributed by atoms with Gasteiger partial charge in [0.05, 0.1) is 0 Å². The molecule has 3 nitrogen and oxygen atoms in total. The Morgan fingerprint density at radius 3 is 2.47 bits per heavy atom. The van der Waals surface area contributed by atoms with Gasteiger partial charge in [-0.25, -0.2) is 4.39 Å². The second-order valence-electron chi connectivity index (χ2n) is 4.89. The van der Waals surface area contributed by atoms with E-state index in [0.717, 1.165) is 5.56 Å². The highest BCUT2D eigenvalue weighted by atomic mass is 19.1. The number of carbonyl (C=O) groups is 1. The molecule has 17 heavy (non-hydrogen) atoms. The molecule has 0 fully saturated rings. The van der Waals surface area contributed by atoms with Gasteiger partial charge < -0.3 is 11.1 Å². The molecule has 0 atom stereocenters. The fourth-order valence-electron chi connectivity index (χ4n) is 1.47. The summed E-state index contributed by atoms with van der Waals surface area (Å²) in [6.45, 7) is 4.17. The first-order chi connectivity index (χ1) is 7.87. The highest BCUT2D eigenvalue weighted by Gasteiger charge is 2.15. The molecule has 0 aliphatic heterocycles. The summed E-state index contributed by atoms with van der Waals surface area (Å²) in [5, 5.41) is 2.79. The Hall–Kier alpha value is -1.42. The first-order valence-electron chi connectivity index (χ1n) is 5.67. The molecule has 3 N–H and O–H groups in total. The maximum absolute atomic E-state index is 12.6. The van der Waals surface area contributed by atoms with Crippen LogP contribution in [0.5, 0.6) is 0 Å². The van der Waals surface area contributed by atoms with E-state index in [1.807, 2.05) is 13.8 Å². The van der Waals surface area contributed by atoms with Crippen LogP contribution in [0.25, 0.3) is 0 Å². The Morgan fingerprint density at radius 2 is 1.94 bits per heavy atom. The van der Waals surface area contributed by atoms with Crippen LogP contribution in [0.4, 0.5) is 4.39 Å². The summed E-state index contributed by atoms with van der Waals surface area (Å²) in [5.41, 5.74) is 6.25. The molecule has 0 saturated heterocycles. The van der Waals surface area contributed by atoms with Gasteiger partial charge in [-0.05, 0) is 38.0 Å². The average Bonchev–Trinajstić information content (AvgIpc) is 2.18. The Bertz CT molecular complexity index is 368. The van der Waals surface area contributed by atoms with Crippen LogP contribution >= 0.6 is 0 Å². The average molecular weight is 238 g/mol. The molecule has 0 aromatic heterocycles. The van der Waals surface area contributed by atoms with Gasteiger partial charge in [0.15, 0.2) is 0 Å². The van der Waals surface area contributed by atoms with Crippen LogP contribution in [0.1, 0.15) is 25.8 Å². The zero-order valence-corrected chi connectivity index (χ0v) is 10.3. The van der Waals surface area contributed by atoms with Crippen molar-refractivity contribution in [3.8, 4) is 0 Å². The molecule has 1 aromatic carbocycles. The Labute approximate surface area is 101 Å². The molecule has 1 rings (SSSR count). The van der Waals surface area contributed by atoms with E-state index in [4.69, 9.17) is 5.73 Å². The van der Waals surface area contributed by atoms with E-state index in [0.29, 0.717) is 19.4 Å². The van der Waals surface area contributed by atoms with Crippen molar-refractivity contribution < 1.29 is 9.18 Å². The van der Waals surface area contributed by atoms with E-state index in [2.05, 4.69) is 5.32 Å². The van der Waals surface area contributed by atoms with E-state index in [-0.39, 0.29) is 11.7 Å². The number of nitrogens with two attached hydrogens (primary N) is 1. The van der Waals surface area contributed by atoms with Crippen LogP contribution in [0, 0.1) is 5.82 Å². The van der Waals surface area contributed by atoms with Gasteiger partial charge in [0.1, 0.15) is 5.82 Å². The van der Waals surface area contributed by atoms with E-state index >= 15 is 0 Å². The summed E-state index contributed by atoms with van der Waals surface area (Å²) in [4.78, 5) is 11.5. The van der Waals surface area contributed by atoms with Gasteiger partial charge in [0.2, 0.25) is 5.91 Å². The fraction of sp³-hybridized carbons (Fsp3) is 0.462. The highest BCUT2D eigenvalue weighted by Crippen LogP contribution is 2.04. The lowest BCUT2D eigenvalue weighted by atomic mass is 10.0. The SMILES string of the molecule is CC(C)(N)CC(=O)NCCc1ccc(F)cc1. The summed E-state index contributed by atoms with van der Waals surface area (Å²) < 4.78 is 12.6. The van der Waals surface area contributed by atoms with Crippen molar-refractivity contribution in [2.45, 2.75) is 32.2 Å². The smallest absolute Gasteiger partial charge is 0.221 e. The molecule has 1 aromatic rings. The van der Waals surface area contributed by atoms with Crippen molar-refractivity contribution in [1.82, 2.24) is 5.32 Å². The van der Waals surface area contributed by atoms with E-state index in [1.165, 1.54) is 12.1 Å². The number of nitrogens with one attached hydrogen (secondary N) is 1. The molecule has 0 aliphatic carbocycles. The molecule has 4 heteroatoms. The molecule has 0 aliphatic rings. The van der Waals surface area contributed by atoms with Crippen molar-refractivity contribution >= 4 is 5.91 Å². The normalized spacial score (nSPS) is 11.3. The third kappa shape index (κ3) is 6.02. The van der Waals surface area contributed by atoms with E-state index in [9.17, 15) is 9.18 Å². The fourth-order valence-corrected chi connectivity index (χ4v) is 1.47. The molecule has 0 bridgehead atoms. The summed E-state index contributed by atoms with van der Waals surface area (Å²) in [6, 6.07) is 6.27. The monoisotopic (exact) mass is 238 g/mol. The van der Waals surface area contributed by atoms with Gasteiger partial charge in [-0.15, -0.1) is 0 Å². The lowest BCUT2D eigenvalue weighted by Crippen LogP contribution is -2.39. The molecule has 0 spiro atoms. The molecular weight excluding hydrogens is 219 g/mol. The number of hydrogen-bond donors (Lipinski definition) is 2. The Kier molecular flexibility index (Phi) is 4.63. The van der Waals surface area contributed by atoms with Gasteiger partial charge in [-0.3, -0.25) is 4.79 Å². The van der Waals surface area contributed by atoms with Crippen LogP contribution in [0.3, 0.4) is 0 Å². The number of benzene rings is 1. The van der Waals surface area contributed by atoms with Crippen molar-refractivity contribution in [2.75, 3.05) is 6.54 Å². The van der Waals surface area contributed by atoms with Gasteiger partial charge in [0.25, 0.3) is 0 Å². The minimum Gasteiger partial charge on any atom is -0.356 e. The van der Waals surface area contributed by atoms with Crippen LogP contribution in [-0.4, -0.2) is 18.0 Å². The number of amides is 1. The molecule has 94 valence electrons. The summed E-state index contributed by atoms with van der Waals surface area (Å²) in [5.74, 6) is -0.303. The summed E-state index contributed by atoms with van der Waals surface area (Å²) in [7, 11) is 0. The zero-order chi connectivity index (χ0) is 12.9. The third-order valence-corrected chi connectivity index (χ3v) is 2.27. The van der Waals surface area contributed by atoms with Crippen molar-refractivity contribution in [2.24, 2.45) is 5.73 Å². The molecule has 0 radical (unpaired) electrons. The number of rotatable bonds is 5. The highest BCUT2D eigenvalue weighted by molar-refractivity contribution is 5.77. The largest absolute Gasteiger partial charge is 0.356 e. The van der Waals surface area contributed by atoms with Crippen molar-refractivity contribution in [3.63, 3.8) is 0 Å². The van der Waals surface area contributed by atoms with Crippen molar-refractivity contribution in [3.05, 3.63) is 35.6 Å². The summed E-state index contributed by atoms with van der Waals surface area (Å²) >= 11 is 0. The molecule has 0 unspecified atom stereocenters. The topological polar surface area (TPSA) is 55.1 Å². The maximum Gasteiger partial charge on any atom is 0.221 e. The van der Waals surface area contributed by atoms with Crippen LogP contribution in [-0.2, 0) is 11.2 Å². The number of carbonyl (C=O) groups excluding carboxylic acids is 1. The standard InChI is InChI=1S/C13H19FN2O/c1-13(2,15)9-12(17)16-8-7-10-3-5-11(14)6-4-10/h3-6H,7-9,15H2,1-2H3,(H,16,17). The van der Waals surface area contributed by atoms with Crippen LogP contribution in [0.15, 0.2) is 24.3 Å². The van der Waals surface area contributed by atoms with Gasteiger partial charge in [0, 0.05) is 18.5 Å². The molecule has 0 saturated carbocycles. The quantitative estimate of drug-likeness (QED) is 0.819. The summed E-state index contributed by atoms with van der Waals surface area (Å²) in [6.07, 6.45) is 0.993. The second-order valence-corrected chi connectivity index (χ2v) is 4.89. The lowest BCUT2D eigenvalue weighted by molar-refractivity contribution is -0.121. The minimum atomic E-state index is -0.486. The molecule has 1 amide bonds. The minimum absolute atomic E-state index is 0.0559. The number of hydrogen-bond acceptors (Lipinski definition) is 2. The van der Waals surface area contributed by atoms with Crippen LogP contribution in [0.2, 0.25) is 0 Å². The predicted octanol–water partition coefficient (Wildman–Crippen LogP) is 1.61. The Balaban J connectivity index is 2.28. The molecular formula is C13H19FN2O. The predicted molar refractivity (Wildman–Crippen MR) is 66.0 cm³/mol. The van der Waals surface area contributed by atoms with E-state index < -0.39 is 5.54 Å². The maximum atomic E-state index is 12.6. The first-order valence-corrected chi connectivity index (χ1v) is 5.67. The Morgan fingerprint density at radius 1 is 1.35 bits per heavy atom. The van der Waals surface area contributed by atoms with Gasteiger partial charge in [-0.2, -0.15) is 0 Å². The lowest BCUT2D eigenvalue weighted by Gasteiger charge is -2.17. The third-order valence-electron chi connectivity index (χ3n) is 2.27. The van der Waals surface area contributed by atoms with Crippen molar-refractivity contribution in [1.29, 1.82) is 0 Å². The second kappa shape index (κ2) is 5.77. The van der Waals surface area contributed by atoms with Gasteiger partial charge in [-0.1, -0.05) is 12.1 Å². The molecule has 0 heterocycles. The van der Waals surface area contributed by atoms with E-state index in [1.54, 1.807) is 12.1 Å².